The fourth-order valence-corrected chi connectivity index (χ4v) is 3.03. The number of hydrogen-bond acceptors (Lipinski definition) is 4. The van der Waals surface area contributed by atoms with Crippen LogP contribution in [0.1, 0.15) is 25.5 Å². The smallest absolute Gasteiger partial charge is 0.0399 e. The van der Waals surface area contributed by atoms with Gasteiger partial charge in [0.2, 0.25) is 0 Å². The van der Waals surface area contributed by atoms with E-state index >= 15 is 0 Å². The Bertz CT molecular complexity index is 399. The number of hydrogen-bond donors (Lipinski definition) is 2. The number of pyridine rings is 1. The van der Waals surface area contributed by atoms with E-state index in [9.17, 15) is 0 Å². The zero-order chi connectivity index (χ0) is 13.7. The number of nitrogens with one attached hydrogen (secondary N) is 1. The van der Waals surface area contributed by atoms with Crippen LogP contribution in [0.4, 0.5) is 5.69 Å². The van der Waals surface area contributed by atoms with Gasteiger partial charge in [-0.25, -0.2) is 0 Å². The number of rotatable bonds is 1. The molecule has 3 N–H and O–H groups in total. The molecule has 2 aliphatic rings. The van der Waals surface area contributed by atoms with Gasteiger partial charge in [-0.2, -0.15) is 0 Å². The molecule has 4 heteroatoms. The molecule has 0 bridgehead atoms. The molecule has 1 atom stereocenters. The molecule has 0 aromatic carbocycles. The highest BCUT2D eigenvalue weighted by atomic mass is 15.2. The molecule has 2 aliphatic heterocycles. The Kier molecular flexibility index (Phi) is 4.77. The van der Waals surface area contributed by atoms with E-state index in [0.717, 1.165) is 12.2 Å². The Hall–Kier alpha value is -1.13. The van der Waals surface area contributed by atoms with Crippen LogP contribution in [0.2, 0.25) is 0 Å². The topological polar surface area (TPSA) is 54.2 Å². The molecule has 19 heavy (non-hydrogen) atoms. The van der Waals surface area contributed by atoms with Crippen LogP contribution in [0.3, 0.4) is 0 Å². The summed E-state index contributed by atoms with van der Waals surface area (Å²) >= 11 is 0. The third-order valence-corrected chi connectivity index (χ3v) is 4.02. The number of aryl methyl sites for hydroxylation is 1. The normalized spacial score (nSPS) is 25.5. The third kappa shape index (κ3) is 3.45. The first-order valence-corrected chi connectivity index (χ1v) is 7.27. The Labute approximate surface area is 116 Å². The minimum Gasteiger partial charge on any atom is -0.371 e. The summed E-state index contributed by atoms with van der Waals surface area (Å²) in [7, 11) is 0. The molecule has 2 fully saturated rings. The third-order valence-electron chi connectivity index (χ3n) is 4.02. The van der Waals surface area contributed by atoms with E-state index in [4.69, 9.17) is 5.73 Å². The van der Waals surface area contributed by atoms with Crippen molar-refractivity contribution in [1.29, 1.82) is 0 Å². The molecular weight excluding hydrogens is 236 g/mol. The van der Waals surface area contributed by atoms with Crippen LogP contribution in [-0.2, 0) is 0 Å². The molecule has 1 aromatic heterocycles. The highest BCUT2D eigenvalue weighted by Crippen LogP contribution is 2.37. The Morgan fingerprint density at radius 3 is 2.89 bits per heavy atom. The summed E-state index contributed by atoms with van der Waals surface area (Å²) in [5.74, 6) is 0. The molecule has 0 radical (unpaired) electrons. The predicted molar refractivity (Wildman–Crippen MR) is 80.5 cm³/mol. The molecule has 1 aromatic rings. The van der Waals surface area contributed by atoms with Gasteiger partial charge >= 0.3 is 0 Å². The summed E-state index contributed by atoms with van der Waals surface area (Å²) in [6.07, 6.45) is 4.59. The van der Waals surface area contributed by atoms with Crippen molar-refractivity contribution < 1.29 is 0 Å². The molecule has 3 rings (SSSR count). The zero-order valence-corrected chi connectivity index (χ0v) is 12.2. The fourth-order valence-electron chi connectivity index (χ4n) is 3.03. The summed E-state index contributed by atoms with van der Waals surface area (Å²) in [6, 6.07) is 4.33. The van der Waals surface area contributed by atoms with Crippen molar-refractivity contribution in [3.8, 4) is 0 Å². The van der Waals surface area contributed by atoms with Gasteiger partial charge in [0.15, 0.2) is 0 Å². The zero-order valence-electron chi connectivity index (χ0n) is 12.2. The maximum atomic E-state index is 4.85. The molecular formula is C15H26N4. The largest absolute Gasteiger partial charge is 0.371 e. The molecule has 1 spiro atoms. The van der Waals surface area contributed by atoms with Gasteiger partial charge in [0.25, 0.3) is 0 Å². The highest BCUT2D eigenvalue weighted by molar-refractivity contribution is 5.48. The van der Waals surface area contributed by atoms with Gasteiger partial charge in [0, 0.05) is 42.6 Å². The van der Waals surface area contributed by atoms with Crippen molar-refractivity contribution in [3.05, 3.63) is 24.0 Å². The van der Waals surface area contributed by atoms with E-state index in [2.05, 4.69) is 34.3 Å². The van der Waals surface area contributed by atoms with Crippen LogP contribution in [0.5, 0.6) is 0 Å². The lowest BCUT2D eigenvalue weighted by Crippen LogP contribution is -2.29. The summed E-state index contributed by atoms with van der Waals surface area (Å²) in [6.45, 7) is 9.53. The second-order valence-corrected chi connectivity index (χ2v) is 5.66. The quantitative estimate of drug-likeness (QED) is 0.806. The number of nitrogens with two attached hydrogens (primary N) is 1. The van der Waals surface area contributed by atoms with Gasteiger partial charge in [0.1, 0.15) is 0 Å². The molecule has 0 aliphatic carbocycles. The van der Waals surface area contributed by atoms with E-state index in [1.807, 2.05) is 13.1 Å². The first-order valence-electron chi connectivity index (χ1n) is 7.27. The van der Waals surface area contributed by atoms with Gasteiger partial charge in [0.05, 0.1) is 0 Å². The number of anilines is 1. The first kappa shape index (κ1) is 14.3. The summed E-state index contributed by atoms with van der Waals surface area (Å²) in [4.78, 5) is 6.78. The Morgan fingerprint density at radius 1 is 1.47 bits per heavy atom. The minimum atomic E-state index is 0.553. The average molecular weight is 262 g/mol. The van der Waals surface area contributed by atoms with Gasteiger partial charge in [-0.15, -0.1) is 0 Å². The number of aromatic nitrogens is 1. The molecule has 4 nitrogen and oxygen atoms in total. The van der Waals surface area contributed by atoms with Crippen LogP contribution < -0.4 is 16.0 Å². The summed E-state index contributed by atoms with van der Waals surface area (Å²) in [5, 5.41) is 3.50. The Morgan fingerprint density at radius 2 is 2.26 bits per heavy atom. The van der Waals surface area contributed by atoms with Gasteiger partial charge in [-0.3, -0.25) is 4.98 Å². The van der Waals surface area contributed by atoms with Crippen LogP contribution in [0, 0.1) is 12.3 Å². The minimum absolute atomic E-state index is 0.553. The van der Waals surface area contributed by atoms with Gasteiger partial charge in [-0.1, -0.05) is 6.92 Å². The molecule has 106 valence electrons. The second kappa shape index (κ2) is 6.35. The van der Waals surface area contributed by atoms with Crippen molar-refractivity contribution >= 4 is 5.69 Å². The lowest BCUT2D eigenvalue weighted by molar-refractivity contribution is 0.369. The van der Waals surface area contributed by atoms with Crippen molar-refractivity contribution in [2.24, 2.45) is 11.1 Å². The molecule has 0 saturated carbocycles. The molecule has 0 amide bonds. The SMILES string of the molecule is CCN.Cc1cc(N2CCC3(CCNC3)C2)ccn1. The van der Waals surface area contributed by atoms with Crippen LogP contribution in [0.15, 0.2) is 18.3 Å². The predicted octanol–water partition coefficient (Wildman–Crippen LogP) is 1.54. The van der Waals surface area contributed by atoms with Crippen molar-refractivity contribution in [2.45, 2.75) is 26.7 Å². The van der Waals surface area contributed by atoms with Crippen LogP contribution in [0.25, 0.3) is 0 Å². The van der Waals surface area contributed by atoms with E-state index in [1.165, 1.54) is 44.7 Å². The van der Waals surface area contributed by atoms with Crippen molar-refractivity contribution in [3.63, 3.8) is 0 Å². The van der Waals surface area contributed by atoms with E-state index in [1.54, 1.807) is 0 Å². The first-order chi connectivity index (χ1) is 9.19. The lowest BCUT2D eigenvalue weighted by atomic mass is 9.86. The van der Waals surface area contributed by atoms with Gasteiger partial charge in [-0.05, 0) is 45.0 Å². The average Bonchev–Trinajstić information content (AvgIpc) is 3.02. The van der Waals surface area contributed by atoms with Gasteiger partial charge < -0.3 is 16.0 Å². The maximum absolute atomic E-state index is 4.85. The fraction of sp³-hybridized carbons (Fsp3) is 0.667. The van der Waals surface area contributed by atoms with E-state index in [0.29, 0.717) is 5.41 Å². The van der Waals surface area contributed by atoms with Crippen LogP contribution in [-0.4, -0.2) is 37.7 Å². The summed E-state index contributed by atoms with van der Waals surface area (Å²) < 4.78 is 0. The van der Waals surface area contributed by atoms with E-state index < -0.39 is 0 Å². The monoisotopic (exact) mass is 262 g/mol. The lowest BCUT2D eigenvalue weighted by Gasteiger charge is -2.24. The van der Waals surface area contributed by atoms with Crippen molar-refractivity contribution in [1.82, 2.24) is 10.3 Å². The van der Waals surface area contributed by atoms with Crippen molar-refractivity contribution in [2.75, 3.05) is 37.6 Å². The number of nitrogens with zero attached hydrogens (tertiary/aromatic N) is 2. The Balaban J connectivity index is 0.000000408. The van der Waals surface area contributed by atoms with Crippen LogP contribution >= 0.6 is 0 Å². The van der Waals surface area contributed by atoms with E-state index in [-0.39, 0.29) is 0 Å². The molecule has 1 unspecified atom stereocenters. The molecule has 2 saturated heterocycles. The highest BCUT2D eigenvalue weighted by Gasteiger charge is 2.40. The second-order valence-electron chi connectivity index (χ2n) is 5.66. The summed E-state index contributed by atoms with van der Waals surface area (Å²) in [5.41, 5.74) is 7.86. The maximum Gasteiger partial charge on any atom is 0.0399 e. The molecule has 3 heterocycles. The standard InChI is InChI=1S/C13H19N3.C2H7N/c1-11-8-12(2-5-15-11)16-7-4-13(10-16)3-6-14-9-13;1-2-3/h2,5,8,14H,3-4,6-7,9-10H2,1H3;2-3H2,1H3.